The van der Waals surface area contributed by atoms with Crippen LogP contribution in [0.4, 0.5) is 10.6 Å². The summed E-state index contributed by atoms with van der Waals surface area (Å²) in [6.07, 6.45) is 2.24. The summed E-state index contributed by atoms with van der Waals surface area (Å²) in [7, 11) is 1.66. The molecule has 1 aliphatic heterocycles. The number of H-pyrrole nitrogens is 1. The third-order valence-corrected chi connectivity index (χ3v) is 5.16. The van der Waals surface area contributed by atoms with E-state index in [1.807, 2.05) is 47.4 Å². The van der Waals surface area contributed by atoms with Crippen LogP contribution in [0.3, 0.4) is 0 Å². The van der Waals surface area contributed by atoms with Crippen molar-refractivity contribution in [2.24, 2.45) is 5.92 Å². The van der Waals surface area contributed by atoms with Crippen LogP contribution in [0.25, 0.3) is 22.0 Å². The van der Waals surface area contributed by atoms with Crippen molar-refractivity contribution < 1.29 is 9.53 Å². The number of aromatic nitrogens is 2. The van der Waals surface area contributed by atoms with Crippen molar-refractivity contribution in [1.29, 1.82) is 0 Å². The molecule has 0 saturated carbocycles. The monoisotopic (exact) mass is 364 g/mol. The van der Waals surface area contributed by atoms with Crippen LogP contribution in [0.1, 0.15) is 19.8 Å². The lowest BCUT2D eigenvalue weighted by molar-refractivity contribution is 0.182. The van der Waals surface area contributed by atoms with Crippen molar-refractivity contribution in [3.63, 3.8) is 0 Å². The van der Waals surface area contributed by atoms with Crippen molar-refractivity contribution in [3.8, 4) is 16.9 Å². The van der Waals surface area contributed by atoms with Gasteiger partial charge < -0.3 is 9.64 Å². The molecule has 1 aliphatic rings. The van der Waals surface area contributed by atoms with E-state index in [-0.39, 0.29) is 6.03 Å². The molecular formula is C21H24N4O2. The summed E-state index contributed by atoms with van der Waals surface area (Å²) < 4.78 is 5.21. The Morgan fingerprint density at radius 1 is 1.22 bits per heavy atom. The Hall–Kier alpha value is -3.02. The number of benzene rings is 2. The second-order valence-electron chi connectivity index (χ2n) is 7.18. The maximum Gasteiger partial charge on any atom is 0.323 e. The zero-order chi connectivity index (χ0) is 18.8. The summed E-state index contributed by atoms with van der Waals surface area (Å²) in [5, 5.41) is 11.2. The molecule has 2 N–H and O–H groups in total. The highest BCUT2D eigenvalue weighted by molar-refractivity contribution is 6.00. The first-order chi connectivity index (χ1) is 13.1. The maximum atomic E-state index is 12.6. The summed E-state index contributed by atoms with van der Waals surface area (Å²) >= 11 is 0. The summed E-state index contributed by atoms with van der Waals surface area (Å²) in [4.78, 5) is 14.4. The Labute approximate surface area is 158 Å². The molecule has 0 aliphatic carbocycles. The van der Waals surface area contributed by atoms with Crippen LogP contribution < -0.4 is 10.1 Å². The summed E-state index contributed by atoms with van der Waals surface area (Å²) in [5.41, 5.74) is 3.07. The van der Waals surface area contributed by atoms with Gasteiger partial charge >= 0.3 is 6.03 Å². The van der Waals surface area contributed by atoms with Crippen LogP contribution in [0.5, 0.6) is 5.75 Å². The highest BCUT2D eigenvalue weighted by atomic mass is 16.5. The number of methoxy groups -OCH3 is 1. The van der Waals surface area contributed by atoms with Gasteiger partial charge in [0.05, 0.1) is 12.6 Å². The van der Waals surface area contributed by atoms with Gasteiger partial charge in [0.15, 0.2) is 5.82 Å². The van der Waals surface area contributed by atoms with Crippen LogP contribution in [0.2, 0.25) is 0 Å². The van der Waals surface area contributed by atoms with Gasteiger partial charge in [-0.05, 0) is 54.2 Å². The number of hydrogen-bond donors (Lipinski definition) is 2. The Morgan fingerprint density at radius 2 is 2.00 bits per heavy atom. The van der Waals surface area contributed by atoms with E-state index in [4.69, 9.17) is 4.74 Å². The fraction of sp³-hybridized carbons (Fsp3) is 0.333. The Morgan fingerprint density at radius 3 is 2.74 bits per heavy atom. The molecule has 0 spiro atoms. The van der Waals surface area contributed by atoms with E-state index in [1.165, 1.54) is 6.42 Å². The summed E-state index contributed by atoms with van der Waals surface area (Å²) in [6.45, 7) is 3.79. The Kier molecular flexibility index (Phi) is 4.71. The Bertz CT molecular complexity index is 948. The minimum atomic E-state index is -0.0748. The first-order valence-electron chi connectivity index (χ1n) is 9.32. The molecule has 1 unspecified atom stereocenters. The van der Waals surface area contributed by atoms with Gasteiger partial charge in [-0.2, -0.15) is 5.10 Å². The standard InChI is InChI=1S/C21H24N4O2/c1-14-4-3-11-25(13-14)21(26)22-20-18-10-7-16(12-19(18)23-24-20)15-5-8-17(27-2)9-6-15/h5-10,12,14H,3-4,11,13H2,1-2H3,(H2,22,23,24,26). The number of rotatable bonds is 3. The van der Waals surface area contributed by atoms with Crippen molar-refractivity contribution in [2.75, 3.05) is 25.5 Å². The number of hydrogen-bond acceptors (Lipinski definition) is 3. The van der Waals surface area contributed by atoms with E-state index in [1.54, 1.807) is 7.11 Å². The van der Waals surface area contributed by atoms with E-state index < -0.39 is 0 Å². The van der Waals surface area contributed by atoms with E-state index >= 15 is 0 Å². The fourth-order valence-corrected chi connectivity index (χ4v) is 3.63. The minimum absolute atomic E-state index is 0.0748. The molecule has 3 aromatic rings. The number of amides is 2. The van der Waals surface area contributed by atoms with Crippen LogP contribution in [0, 0.1) is 5.92 Å². The summed E-state index contributed by atoms with van der Waals surface area (Å²) in [6, 6.07) is 13.9. The number of urea groups is 1. The Balaban J connectivity index is 1.54. The number of ether oxygens (including phenoxy) is 1. The quantitative estimate of drug-likeness (QED) is 0.719. The molecule has 6 nitrogen and oxygen atoms in total. The van der Waals surface area contributed by atoms with E-state index in [9.17, 15) is 4.79 Å². The van der Waals surface area contributed by atoms with Gasteiger partial charge in [0.1, 0.15) is 5.75 Å². The lowest BCUT2D eigenvalue weighted by atomic mass is 10.0. The van der Waals surface area contributed by atoms with Crippen molar-refractivity contribution in [1.82, 2.24) is 15.1 Å². The van der Waals surface area contributed by atoms with Crippen molar-refractivity contribution in [2.45, 2.75) is 19.8 Å². The highest BCUT2D eigenvalue weighted by Crippen LogP contribution is 2.28. The van der Waals surface area contributed by atoms with Gasteiger partial charge in [-0.25, -0.2) is 4.79 Å². The van der Waals surface area contributed by atoms with Crippen LogP contribution in [0.15, 0.2) is 42.5 Å². The first-order valence-corrected chi connectivity index (χ1v) is 9.32. The third-order valence-electron chi connectivity index (χ3n) is 5.16. The van der Waals surface area contributed by atoms with Gasteiger partial charge in [0.2, 0.25) is 0 Å². The van der Waals surface area contributed by atoms with Crippen molar-refractivity contribution in [3.05, 3.63) is 42.5 Å². The predicted octanol–water partition coefficient (Wildman–Crippen LogP) is 4.50. The molecule has 6 heteroatoms. The number of likely N-dealkylation sites (tertiary alicyclic amines) is 1. The number of carbonyl (C=O) groups excluding carboxylic acids is 1. The molecule has 1 saturated heterocycles. The molecule has 140 valence electrons. The minimum Gasteiger partial charge on any atom is -0.497 e. The number of nitrogens with zero attached hydrogens (tertiary/aromatic N) is 2. The van der Waals surface area contributed by atoms with Gasteiger partial charge in [-0.15, -0.1) is 0 Å². The molecule has 2 heterocycles. The van der Waals surface area contributed by atoms with Gasteiger partial charge in [-0.3, -0.25) is 10.4 Å². The average molecular weight is 364 g/mol. The molecule has 27 heavy (non-hydrogen) atoms. The van der Waals surface area contributed by atoms with E-state index in [0.717, 1.165) is 47.3 Å². The van der Waals surface area contributed by atoms with Crippen LogP contribution in [-0.2, 0) is 0 Å². The lowest BCUT2D eigenvalue weighted by Crippen LogP contribution is -2.41. The zero-order valence-electron chi connectivity index (χ0n) is 15.7. The molecule has 1 aromatic heterocycles. The van der Waals surface area contributed by atoms with Crippen LogP contribution >= 0.6 is 0 Å². The molecule has 4 rings (SSSR count). The second kappa shape index (κ2) is 7.31. The smallest absolute Gasteiger partial charge is 0.323 e. The zero-order valence-corrected chi connectivity index (χ0v) is 15.7. The summed E-state index contributed by atoms with van der Waals surface area (Å²) in [5.74, 6) is 1.96. The molecule has 2 amide bonds. The van der Waals surface area contributed by atoms with Gasteiger partial charge in [0.25, 0.3) is 0 Å². The lowest BCUT2D eigenvalue weighted by Gasteiger charge is -2.30. The average Bonchev–Trinajstić information content (AvgIpc) is 3.10. The molecule has 1 atom stereocenters. The number of carbonyl (C=O) groups is 1. The molecule has 0 bridgehead atoms. The number of anilines is 1. The number of fused-ring (bicyclic) bond motifs is 1. The highest BCUT2D eigenvalue weighted by Gasteiger charge is 2.22. The second-order valence-corrected chi connectivity index (χ2v) is 7.18. The number of aromatic amines is 1. The molecule has 1 fully saturated rings. The third kappa shape index (κ3) is 3.60. The topological polar surface area (TPSA) is 70.2 Å². The van der Waals surface area contributed by atoms with Gasteiger partial charge in [-0.1, -0.05) is 25.1 Å². The fourth-order valence-electron chi connectivity index (χ4n) is 3.63. The normalized spacial score (nSPS) is 17.1. The number of piperidine rings is 1. The number of nitrogens with one attached hydrogen (secondary N) is 2. The van der Waals surface area contributed by atoms with E-state index in [2.05, 4.69) is 22.4 Å². The predicted molar refractivity (Wildman–Crippen MR) is 107 cm³/mol. The largest absolute Gasteiger partial charge is 0.497 e. The van der Waals surface area contributed by atoms with E-state index in [0.29, 0.717) is 11.7 Å². The molecular weight excluding hydrogens is 340 g/mol. The van der Waals surface area contributed by atoms with Gasteiger partial charge in [0, 0.05) is 18.5 Å². The van der Waals surface area contributed by atoms with Crippen molar-refractivity contribution >= 4 is 22.8 Å². The molecule has 2 aromatic carbocycles. The SMILES string of the molecule is COc1ccc(-c2ccc3c(NC(=O)N4CCCC(C)C4)n[nH]c3c2)cc1. The first kappa shape index (κ1) is 17.4. The molecule has 0 radical (unpaired) electrons. The maximum absolute atomic E-state index is 12.6. The van der Waals surface area contributed by atoms with Crippen LogP contribution in [-0.4, -0.2) is 41.3 Å².